The fourth-order valence-corrected chi connectivity index (χ4v) is 3.94. The van der Waals surface area contributed by atoms with Gasteiger partial charge in [0.1, 0.15) is 0 Å². The molecule has 1 N–H and O–H groups in total. The molecule has 0 amide bonds. The first kappa shape index (κ1) is 15.1. The Bertz CT molecular complexity index is 392. The van der Waals surface area contributed by atoms with Crippen LogP contribution in [0.25, 0.3) is 0 Å². The van der Waals surface area contributed by atoms with Crippen LogP contribution in [0.15, 0.2) is 22.7 Å². The van der Waals surface area contributed by atoms with Crippen LogP contribution < -0.4 is 5.32 Å². The summed E-state index contributed by atoms with van der Waals surface area (Å²) in [7, 11) is 0. The minimum atomic E-state index is 0.694. The first-order chi connectivity index (χ1) is 9.24. The second-order valence-corrected chi connectivity index (χ2v) is 6.64. The quantitative estimate of drug-likeness (QED) is 0.813. The van der Waals surface area contributed by atoms with E-state index in [1.165, 1.54) is 60.8 Å². The van der Waals surface area contributed by atoms with Gasteiger partial charge in [0.05, 0.1) is 0 Å². The van der Waals surface area contributed by atoms with E-state index >= 15 is 0 Å². The fraction of sp³-hybridized carbons (Fsp3) is 0.647. The maximum Gasteiger partial charge on any atom is 0.0212 e. The van der Waals surface area contributed by atoms with Gasteiger partial charge in [-0.05, 0) is 74.2 Å². The zero-order valence-corrected chi connectivity index (χ0v) is 13.8. The maximum absolute atomic E-state index is 3.78. The largest absolute Gasteiger partial charge is 0.316 e. The second kappa shape index (κ2) is 7.44. The highest BCUT2D eigenvalue weighted by Gasteiger charge is 2.15. The summed E-state index contributed by atoms with van der Waals surface area (Å²) >= 11 is 3.78. The van der Waals surface area contributed by atoms with Crippen molar-refractivity contribution in [3.8, 4) is 0 Å². The Hall–Kier alpha value is -0.340. The molecule has 0 bridgehead atoms. The number of rotatable bonds is 5. The molecule has 1 aliphatic rings. The molecule has 1 unspecified atom stereocenters. The van der Waals surface area contributed by atoms with E-state index in [0.29, 0.717) is 5.92 Å². The van der Waals surface area contributed by atoms with E-state index < -0.39 is 0 Å². The minimum Gasteiger partial charge on any atom is -0.316 e. The molecule has 0 radical (unpaired) electrons. The predicted molar refractivity (Wildman–Crippen MR) is 86.8 cm³/mol. The molecule has 2 heteroatoms. The summed E-state index contributed by atoms with van der Waals surface area (Å²) in [6.07, 6.45) is 6.37. The third kappa shape index (κ3) is 4.06. The summed E-state index contributed by atoms with van der Waals surface area (Å²) in [6.45, 7) is 6.95. The summed E-state index contributed by atoms with van der Waals surface area (Å²) in [6, 6.07) is 7.03. The molecule has 106 valence electrons. The zero-order valence-electron chi connectivity index (χ0n) is 12.2. The van der Waals surface area contributed by atoms with Crippen molar-refractivity contribution in [1.29, 1.82) is 0 Å². The van der Waals surface area contributed by atoms with Gasteiger partial charge in [0.2, 0.25) is 0 Å². The molecule has 0 saturated carbocycles. The Kier molecular flexibility index (Phi) is 5.90. The third-order valence-electron chi connectivity index (χ3n) is 4.41. The third-order valence-corrected chi connectivity index (χ3v) is 5.10. The van der Waals surface area contributed by atoms with Crippen LogP contribution in [-0.2, 0) is 6.42 Å². The molecule has 0 spiro atoms. The van der Waals surface area contributed by atoms with Crippen molar-refractivity contribution in [2.75, 3.05) is 13.1 Å². The lowest BCUT2D eigenvalue weighted by Crippen LogP contribution is -2.30. The Morgan fingerprint density at radius 1 is 1.32 bits per heavy atom. The maximum atomic E-state index is 3.78. The first-order valence-electron chi connectivity index (χ1n) is 7.73. The van der Waals surface area contributed by atoms with Gasteiger partial charge in [-0.3, -0.25) is 0 Å². The van der Waals surface area contributed by atoms with Crippen LogP contribution in [0, 0.1) is 5.92 Å². The fourth-order valence-electron chi connectivity index (χ4n) is 3.19. The summed E-state index contributed by atoms with van der Waals surface area (Å²) in [5, 5.41) is 3.51. The summed E-state index contributed by atoms with van der Waals surface area (Å²) in [5.41, 5.74) is 2.96. The standard InChI is InChI=1S/C17H26BrN/c1-3-15(4-2)16-8-7-13(11-17(16)18)10-14-6-5-9-19-12-14/h7-8,11,14-15,19H,3-6,9-10,12H2,1-2H3. The molecule has 1 atom stereocenters. The average Bonchev–Trinajstić information content (AvgIpc) is 2.43. The van der Waals surface area contributed by atoms with Gasteiger partial charge >= 0.3 is 0 Å². The number of nitrogens with one attached hydrogen (secondary N) is 1. The molecule has 1 aliphatic heterocycles. The Balaban J connectivity index is 2.05. The van der Waals surface area contributed by atoms with Crippen LogP contribution in [-0.4, -0.2) is 13.1 Å². The van der Waals surface area contributed by atoms with Gasteiger partial charge in [-0.15, -0.1) is 0 Å². The molecule has 19 heavy (non-hydrogen) atoms. The van der Waals surface area contributed by atoms with Crippen molar-refractivity contribution in [2.45, 2.75) is 51.9 Å². The van der Waals surface area contributed by atoms with Gasteiger partial charge in [-0.1, -0.05) is 41.9 Å². The molecule has 1 fully saturated rings. The van der Waals surface area contributed by atoms with E-state index in [1.807, 2.05) is 0 Å². The SMILES string of the molecule is CCC(CC)c1ccc(CC2CCCNC2)cc1Br. The number of piperidine rings is 1. The molecule has 0 aliphatic carbocycles. The highest BCUT2D eigenvalue weighted by atomic mass is 79.9. The number of hydrogen-bond donors (Lipinski definition) is 1. The first-order valence-corrected chi connectivity index (χ1v) is 8.52. The molecule has 0 aromatic heterocycles. The lowest BCUT2D eigenvalue weighted by Gasteiger charge is -2.23. The molecule has 1 saturated heterocycles. The van der Waals surface area contributed by atoms with Crippen molar-refractivity contribution in [3.05, 3.63) is 33.8 Å². The van der Waals surface area contributed by atoms with Crippen molar-refractivity contribution in [2.24, 2.45) is 5.92 Å². The molecule has 1 heterocycles. The summed E-state index contributed by atoms with van der Waals surface area (Å²) < 4.78 is 1.31. The number of benzene rings is 1. The van der Waals surface area contributed by atoms with Gasteiger partial charge in [0.15, 0.2) is 0 Å². The van der Waals surface area contributed by atoms with Gasteiger partial charge in [-0.2, -0.15) is 0 Å². The summed E-state index contributed by atoms with van der Waals surface area (Å²) in [5.74, 6) is 1.51. The molecule has 2 rings (SSSR count). The van der Waals surface area contributed by atoms with Gasteiger partial charge in [-0.25, -0.2) is 0 Å². The Morgan fingerprint density at radius 2 is 2.11 bits per heavy atom. The van der Waals surface area contributed by atoms with Crippen molar-refractivity contribution in [3.63, 3.8) is 0 Å². The van der Waals surface area contributed by atoms with Crippen LogP contribution in [0.3, 0.4) is 0 Å². The van der Waals surface area contributed by atoms with E-state index in [4.69, 9.17) is 0 Å². The lowest BCUT2D eigenvalue weighted by atomic mass is 9.89. The van der Waals surface area contributed by atoms with Crippen LogP contribution in [0.4, 0.5) is 0 Å². The molecular formula is C17H26BrN. The Morgan fingerprint density at radius 3 is 2.68 bits per heavy atom. The van der Waals surface area contributed by atoms with E-state index in [2.05, 4.69) is 53.3 Å². The lowest BCUT2D eigenvalue weighted by molar-refractivity contribution is 0.376. The van der Waals surface area contributed by atoms with Gasteiger partial charge < -0.3 is 5.32 Å². The van der Waals surface area contributed by atoms with Crippen molar-refractivity contribution < 1.29 is 0 Å². The minimum absolute atomic E-state index is 0.694. The van der Waals surface area contributed by atoms with E-state index in [0.717, 1.165) is 5.92 Å². The monoisotopic (exact) mass is 323 g/mol. The van der Waals surface area contributed by atoms with Gasteiger partial charge in [0.25, 0.3) is 0 Å². The smallest absolute Gasteiger partial charge is 0.0212 e. The van der Waals surface area contributed by atoms with Crippen LogP contribution in [0.1, 0.15) is 56.6 Å². The highest BCUT2D eigenvalue weighted by Crippen LogP contribution is 2.31. The number of hydrogen-bond acceptors (Lipinski definition) is 1. The number of halogens is 1. The van der Waals surface area contributed by atoms with E-state index in [-0.39, 0.29) is 0 Å². The normalized spacial score (nSPS) is 19.9. The topological polar surface area (TPSA) is 12.0 Å². The van der Waals surface area contributed by atoms with Crippen LogP contribution in [0.2, 0.25) is 0 Å². The van der Waals surface area contributed by atoms with E-state index in [9.17, 15) is 0 Å². The van der Waals surface area contributed by atoms with E-state index in [1.54, 1.807) is 0 Å². The second-order valence-electron chi connectivity index (χ2n) is 5.79. The molecular weight excluding hydrogens is 298 g/mol. The molecule has 1 nitrogen and oxygen atoms in total. The Labute approximate surface area is 126 Å². The zero-order chi connectivity index (χ0) is 13.7. The molecule has 1 aromatic rings. The van der Waals surface area contributed by atoms with Crippen LogP contribution >= 0.6 is 15.9 Å². The van der Waals surface area contributed by atoms with Crippen molar-refractivity contribution in [1.82, 2.24) is 5.32 Å². The summed E-state index contributed by atoms with van der Waals surface area (Å²) in [4.78, 5) is 0. The highest BCUT2D eigenvalue weighted by molar-refractivity contribution is 9.10. The predicted octanol–water partition coefficient (Wildman–Crippen LogP) is 4.89. The average molecular weight is 324 g/mol. The molecule has 1 aromatic carbocycles. The van der Waals surface area contributed by atoms with Gasteiger partial charge in [0, 0.05) is 4.47 Å². The van der Waals surface area contributed by atoms with Crippen LogP contribution in [0.5, 0.6) is 0 Å². The van der Waals surface area contributed by atoms with Crippen molar-refractivity contribution >= 4 is 15.9 Å².